The molecule has 96 valence electrons. The quantitative estimate of drug-likeness (QED) is 0.632. The van der Waals surface area contributed by atoms with Crippen LogP contribution in [-0.4, -0.2) is 32.8 Å². The molecule has 1 aliphatic carbocycles. The molecule has 1 unspecified atom stereocenters. The van der Waals surface area contributed by atoms with Crippen LogP contribution in [0.2, 0.25) is 0 Å². The molecule has 0 saturated heterocycles. The Morgan fingerprint density at radius 1 is 1.25 bits per heavy atom. The van der Waals surface area contributed by atoms with E-state index in [-0.39, 0.29) is 11.8 Å². The highest BCUT2D eigenvalue weighted by molar-refractivity contribution is 7.89. The van der Waals surface area contributed by atoms with E-state index < -0.39 is 10.0 Å². The third-order valence-electron chi connectivity index (χ3n) is 2.84. The molecular formula is C11H24N2O2S. The summed E-state index contributed by atoms with van der Waals surface area (Å²) in [5.74, 6) is 0.799. The van der Waals surface area contributed by atoms with Crippen molar-refractivity contribution >= 4 is 10.0 Å². The highest BCUT2D eigenvalue weighted by atomic mass is 32.2. The number of sulfonamides is 1. The lowest BCUT2D eigenvalue weighted by atomic mass is 10.2. The van der Waals surface area contributed by atoms with Crippen molar-refractivity contribution < 1.29 is 8.42 Å². The van der Waals surface area contributed by atoms with Gasteiger partial charge < -0.3 is 5.32 Å². The van der Waals surface area contributed by atoms with Gasteiger partial charge in [0.25, 0.3) is 0 Å². The molecule has 4 nitrogen and oxygen atoms in total. The monoisotopic (exact) mass is 248 g/mol. The zero-order valence-corrected chi connectivity index (χ0v) is 11.3. The van der Waals surface area contributed by atoms with Crippen molar-refractivity contribution in [2.75, 3.05) is 12.3 Å². The van der Waals surface area contributed by atoms with E-state index in [2.05, 4.69) is 23.9 Å². The molecule has 5 heteroatoms. The summed E-state index contributed by atoms with van der Waals surface area (Å²) in [6.45, 7) is 6.84. The summed E-state index contributed by atoms with van der Waals surface area (Å²) < 4.78 is 26.1. The van der Waals surface area contributed by atoms with E-state index in [1.165, 1.54) is 12.8 Å². The molecule has 0 radical (unpaired) electrons. The van der Waals surface area contributed by atoms with Gasteiger partial charge in [-0.05, 0) is 38.6 Å². The van der Waals surface area contributed by atoms with Crippen LogP contribution >= 0.6 is 0 Å². The van der Waals surface area contributed by atoms with E-state index >= 15 is 0 Å². The highest BCUT2D eigenvalue weighted by Crippen LogP contribution is 2.32. The van der Waals surface area contributed by atoms with Crippen LogP contribution in [0.15, 0.2) is 0 Å². The third-order valence-corrected chi connectivity index (χ3v) is 4.39. The first-order valence-corrected chi connectivity index (χ1v) is 7.79. The first-order chi connectivity index (χ1) is 7.41. The molecule has 2 N–H and O–H groups in total. The van der Waals surface area contributed by atoms with E-state index in [1.54, 1.807) is 0 Å². The molecule has 1 saturated carbocycles. The van der Waals surface area contributed by atoms with Gasteiger partial charge in [0.2, 0.25) is 10.0 Å². The Labute approximate surface area is 99.2 Å². The van der Waals surface area contributed by atoms with Gasteiger partial charge in [-0.25, -0.2) is 13.1 Å². The van der Waals surface area contributed by atoms with Crippen molar-refractivity contribution in [1.82, 2.24) is 10.0 Å². The van der Waals surface area contributed by atoms with Crippen LogP contribution in [0.4, 0.5) is 0 Å². The number of nitrogens with one attached hydrogen (secondary N) is 2. The number of rotatable bonds is 8. The van der Waals surface area contributed by atoms with Crippen molar-refractivity contribution in [3.8, 4) is 0 Å². The maximum absolute atomic E-state index is 11.7. The minimum absolute atomic E-state index is 0.114. The highest BCUT2D eigenvalue weighted by Gasteiger charge is 2.30. The fourth-order valence-corrected chi connectivity index (χ4v) is 3.09. The maximum atomic E-state index is 11.7. The van der Waals surface area contributed by atoms with Crippen LogP contribution in [0.1, 0.15) is 40.0 Å². The third kappa shape index (κ3) is 5.82. The smallest absolute Gasteiger partial charge is 0.211 e. The SMILES string of the molecule is CC(C)NCCCS(=O)(=O)NC(C)C1CC1. The van der Waals surface area contributed by atoms with E-state index in [1.807, 2.05) is 6.92 Å². The molecule has 0 spiro atoms. The first kappa shape index (κ1) is 13.9. The number of hydrogen-bond acceptors (Lipinski definition) is 3. The van der Waals surface area contributed by atoms with Gasteiger partial charge >= 0.3 is 0 Å². The van der Waals surface area contributed by atoms with Crippen LogP contribution in [0.5, 0.6) is 0 Å². The van der Waals surface area contributed by atoms with Gasteiger partial charge in [0.05, 0.1) is 5.75 Å². The Morgan fingerprint density at radius 2 is 1.88 bits per heavy atom. The molecule has 0 bridgehead atoms. The Morgan fingerprint density at radius 3 is 2.38 bits per heavy atom. The molecule has 16 heavy (non-hydrogen) atoms. The number of hydrogen-bond donors (Lipinski definition) is 2. The lowest BCUT2D eigenvalue weighted by molar-refractivity contribution is 0.531. The molecule has 1 atom stereocenters. The Hall–Kier alpha value is -0.130. The van der Waals surface area contributed by atoms with Gasteiger partial charge in [-0.3, -0.25) is 0 Å². The topological polar surface area (TPSA) is 58.2 Å². The summed E-state index contributed by atoms with van der Waals surface area (Å²) in [7, 11) is -3.07. The summed E-state index contributed by atoms with van der Waals surface area (Å²) in [4.78, 5) is 0. The summed E-state index contributed by atoms with van der Waals surface area (Å²) >= 11 is 0. The molecule has 1 fully saturated rings. The zero-order chi connectivity index (χ0) is 12.2. The van der Waals surface area contributed by atoms with Crippen molar-refractivity contribution in [3.63, 3.8) is 0 Å². The van der Waals surface area contributed by atoms with Crippen LogP contribution in [0.3, 0.4) is 0 Å². The second kappa shape index (κ2) is 5.98. The largest absolute Gasteiger partial charge is 0.314 e. The van der Waals surface area contributed by atoms with E-state index in [0.717, 1.165) is 6.54 Å². The van der Waals surface area contributed by atoms with Crippen molar-refractivity contribution in [2.24, 2.45) is 5.92 Å². The Balaban J connectivity index is 2.17. The van der Waals surface area contributed by atoms with Crippen LogP contribution in [0, 0.1) is 5.92 Å². The Bertz CT molecular complexity index is 297. The molecule has 0 heterocycles. The van der Waals surface area contributed by atoms with E-state index in [4.69, 9.17) is 0 Å². The lowest BCUT2D eigenvalue weighted by Crippen LogP contribution is -2.36. The van der Waals surface area contributed by atoms with Crippen LogP contribution < -0.4 is 10.0 Å². The van der Waals surface area contributed by atoms with Gasteiger partial charge in [0, 0.05) is 12.1 Å². The summed E-state index contributed by atoms with van der Waals surface area (Å²) in [5, 5.41) is 3.21. The second-order valence-corrected chi connectivity index (χ2v) is 6.90. The second-order valence-electron chi connectivity index (χ2n) is 5.03. The van der Waals surface area contributed by atoms with Gasteiger partial charge in [-0.2, -0.15) is 0 Å². The van der Waals surface area contributed by atoms with E-state index in [9.17, 15) is 8.42 Å². The normalized spacial score (nSPS) is 19.0. The van der Waals surface area contributed by atoms with Crippen molar-refractivity contribution in [1.29, 1.82) is 0 Å². The standard InChI is InChI=1S/C11H24N2O2S/c1-9(2)12-7-4-8-16(14,15)13-10(3)11-5-6-11/h9-13H,4-8H2,1-3H3. The predicted octanol–water partition coefficient (Wildman–Crippen LogP) is 1.09. The molecule has 1 aliphatic rings. The minimum atomic E-state index is -3.07. The minimum Gasteiger partial charge on any atom is -0.314 e. The van der Waals surface area contributed by atoms with E-state index in [0.29, 0.717) is 18.4 Å². The van der Waals surface area contributed by atoms with Gasteiger partial charge in [0.15, 0.2) is 0 Å². The van der Waals surface area contributed by atoms with Gasteiger partial charge in [-0.1, -0.05) is 13.8 Å². The van der Waals surface area contributed by atoms with Crippen LogP contribution in [0.25, 0.3) is 0 Å². The molecule has 0 aromatic heterocycles. The molecular weight excluding hydrogens is 224 g/mol. The summed E-state index contributed by atoms with van der Waals surface area (Å²) in [6.07, 6.45) is 3.00. The fourth-order valence-electron chi connectivity index (χ4n) is 1.69. The average Bonchev–Trinajstić information content (AvgIpc) is 2.94. The summed E-state index contributed by atoms with van der Waals surface area (Å²) in [5.41, 5.74) is 0. The van der Waals surface area contributed by atoms with Crippen molar-refractivity contribution in [3.05, 3.63) is 0 Å². The fraction of sp³-hybridized carbons (Fsp3) is 1.00. The summed E-state index contributed by atoms with van der Waals surface area (Å²) in [6, 6.07) is 0.532. The van der Waals surface area contributed by atoms with Gasteiger partial charge in [-0.15, -0.1) is 0 Å². The Kier molecular flexibility index (Phi) is 5.21. The van der Waals surface area contributed by atoms with Crippen LogP contribution in [-0.2, 0) is 10.0 Å². The van der Waals surface area contributed by atoms with Crippen molar-refractivity contribution in [2.45, 2.75) is 52.1 Å². The predicted molar refractivity (Wildman–Crippen MR) is 66.9 cm³/mol. The molecule has 0 aromatic carbocycles. The van der Waals surface area contributed by atoms with Gasteiger partial charge in [0.1, 0.15) is 0 Å². The molecule has 0 aromatic rings. The molecule has 0 aliphatic heterocycles. The molecule has 1 rings (SSSR count). The lowest BCUT2D eigenvalue weighted by Gasteiger charge is -2.13. The maximum Gasteiger partial charge on any atom is 0.211 e. The zero-order valence-electron chi connectivity index (χ0n) is 10.5. The first-order valence-electron chi connectivity index (χ1n) is 6.14. The average molecular weight is 248 g/mol. The molecule has 0 amide bonds.